The lowest BCUT2D eigenvalue weighted by atomic mass is 10.2. The van der Waals surface area contributed by atoms with E-state index >= 15 is 0 Å². The molecule has 3 N–H and O–H groups in total. The zero-order chi connectivity index (χ0) is 16.6. The van der Waals surface area contributed by atoms with E-state index in [1.54, 1.807) is 14.0 Å². The Balaban J connectivity index is 4.54. The number of esters is 1. The summed E-state index contributed by atoms with van der Waals surface area (Å²) in [6, 6.07) is -3.09. The SMILES string of the molecule is CCN(C)C(=O)C(C)NC(=O)N[C@@H](CC(=O)OC)C(=O)O. The molecule has 0 aromatic carbocycles. The largest absolute Gasteiger partial charge is 0.480 e. The van der Waals surface area contributed by atoms with Gasteiger partial charge in [0.25, 0.3) is 0 Å². The maximum Gasteiger partial charge on any atom is 0.326 e. The van der Waals surface area contributed by atoms with Crippen LogP contribution >= 0.6 is 0 Å². The van der Waals surface area contributed by atoms with Crippen LogP contribution in [-0.4, -0.2) is 66.7 Å². The Morgan fingerprint density at radius 1 is 1.24 bits per heavy atom. The van der Waals surface area contributed by atoms with E-state index in [2.05, 4.69) is 15.4 Å². The number of urea groups is 1. The molecule has 0 heterocycles. The molecule has 2 atom stereocenters. The highest BCUT2D eigenvalue weighted by Gasteiger charge is 2.25. The van der Waals surface area contributed by atoms with Gasteiger partial charge in [0.05, 0.1) is 13.5 Å². The first-order chi connectivity index (χ1) is 9.72. The third kappa shape index (κ3) is 6.59. The molecule has 0 bridgehead atoms. The van der Waals surface area contributed by atoms with Gasteiger partial charge in [-0.2, -0.15) is 0 Å². The Morgan fingerprint density at radius 3 is 2.24 bits per heavy atom. The van der Waals surface area contributed by atoms with Gasteiger partial charge < -0.3 is 25.4 Å². The van der Waals surface area contributed by atoms with Crippen LogP contribution in [0.5, 0.6) is 0 Å². The molecular formula is C12H21N3O6. The van der Waals surface area contributed by atoms with Gasteiger partial charge >= 0.3 is 18.0 Å². The molecule has 0 aliphatic heterocycles. The minimum atomic E-state index is -1.43. The second-order valence-corrected chi connectivity index (χ2v) is 4.36. The molecule has 0 radical (unpaired) electrons. The average Bonchev–Trinajstić information content (AvgIpc) is 2.44. The van der Waals surface area contributed by atoms with E-state index in [0.717, 1.165) is 7.11 Å². The zero-order valence-electron chi connectivity index (χ0n) is 12.5. The van der Waals surface area contributed by atoms with E-state index in [9.17, 15) is 19.2 Å². The topological polar surface area (TPSA) is 125 Å². The minimum Gasteiger partial charge on any atom is -0.480 e. The summed E-state index contributed by atoms with van der Waals surface area (Å²) in [4.78, 5) is 46.8. The first kappa shape index (κ1) is 18.7. The second-order valence-electron chi connectivity index (χ2n) is 4.36. The maximum atomic E-state index is 11.7. The Morgan fingerprint density at radius 2 is 1.81 bits per heavy atom. The molecule has 9 nitrogen and oxygen atoms in total. The number of aliphatic carboxylic acids is 1. The number of nitrogens with zero attached hydrogens (tertiary/aromatic N) is 1. The molecule has 0 aliphatic carbocycles. The number of carbonyl (C=O) groups is 4. The molecule has 9 heteroatoms. The van der Waals surface area contributed by atoms with Crippen molar-refractivity contribution in [3.05, 3.63) is 0 Å². The molecule has 0 aliphatic rings. The smallest absolute Gasteiger partial charge is 0.326 e. The fraction of sp³-hybridized carbons (Fsp3) is 0.667. The quantitative estimate of drug-likeness (QED) is 0.527. The fourth-order valence-corrected chi connectivity index (χ4v) is 1.39. The maximum absolute atomic E-state index is 11.7. The van der Waals surface area contributed by atoms with Crippen molar-refractivity contribution < 1.29 is 29.0 Å². The molecule has 0 aromatic rings. The number of amides is 3. The molecule has 0 saturated heterocycles. The number of hydrogen-bond donors (Lipinski definition) is 3. The average molecular weight is 303 g/mol. The lowest BCUT2D eigenvalue weighted by Crippen LogP contribution is -2.52. The van der Waals surface area contributed by atoms with Crippen LogP contribution in [0.3, 0.4) is 0 Å². The number of nitrogens with one attached hydrogen (secondary N) is 2. The predicted octanol–water partition coefficient (Wildman–Crippen LogP) is -0.831. The molecule has 21 heavy (non-hydrogen) atoms. The normalized spacial score (nSPS) is 12.8. The van der Waals surface area contributed by atoms with Crippen molar-refractivity contribution in [2.45, 2.75) is 32.4 Å². The number of ether oxygens (including phenoxy) is 1. The number of methoxy groups -OCH3 is 1. The molecular weight excluding hydrogens is 282 g/mol. The van der Waals surface area contributed by atoms with Crippen LogP contribution < -0.4 is 10.6 Å². The molecule has 0 rings (SSSR count). The van der Waals surface area contributed by atoms with Crippen molar-refractivity contribution in [1.82, 2.24) is 15.5 Å². The van der Waals surface area contributed by atoms with Crippen molar-refractivity contribution in [1.29, 1.82) is 0 Å². The van der Waals surface area contributed by atoms with Crippen LogP contribution in [0.1, 0.15) is 20.3 Å². The molecule has 0 fully saturated rings. The number of likely N-dealkylation sites (N-methyl/N-ethyl adjacent to an activating group) is 1. The zero-order valence-corrected chi connectivity index (χ0v) is 12.5. The van der Waals surface area contributed by atoms with E-state index < -0.39 is 36.5 Å². The number of carboxylic acids is 1. The van der Waals surface area contributed by atoms with E-state index in [0.29, 0.717) is 6.54 Å². The van der Waals surface area contributed by atoms with Crippen molar-refractivity contribution >= 4 is 23.9 Å². The summed E-state index contributed by atoms with van der Waals surface area (Å²) in [7, 11) is 2.69. The van der Waals surface area contributed by atoms with Gasteiger partial charge in [0.2, 0.25) is 5.91 Å². The number of carboxylic acid groups (broad SMARTS) is 1. The molecule has 0 saturated carbocycles. The minimum absolute atomic E-state index is 0.313. The Hall–Kier alpha value is -2.32. The Kier molecular flexibility index (Phi) is 7.80. The first-order valence-corrected chi connectivity index (χ1v) is 6.34. The van der Waals surface area contributed by atoms with Crippen LogP contribution in [0.2, 0.25) is 0 Å². The van der Waals surface area contributed by atoms with Gasteiger partial charge in [-0.05, 0) is 13.8 Å². The lowest BCUT2D eigenvalue weighted by Gasteiger charge is -2.21. The van der Waals surface area contributed by atoms with Crippen molar-refractivity contribution in [2.24, 2.45) is 0 Å². The monoisotopic (exact) mass is 303 g/mol. The van der Waals surface area contributed by atoms with Gasteiger partial charge in [-0.15, -0.1) is 0 Å². The van der Waals surface area contributed by atoms with E-state index in [1.807, 2.05) is 0 Å². The number of rotatable bonds is 7. The molecule has 0 spiro atoms. The standard InChI is InChI=1S/C12H21N3O6/c1-5-15(3)10(17)7(2)13-12(20)14-8(11(18)19)6-9(16)21-4/h7-8H,5-6H2,1-4H3,(H,18,19)(H2,13,14,20)/t7?,8-/m0/s1. The summed E-state index contributed by atoms with van der Waals surface area (Å²) in [5, 5.41) is 13.3. The van der Waals surface area contributed by atoms with Crippen molar-refractivity contribution in [3.8, 4) is 0 Å². The van der Waals surface area contributed by atoms with Gasteiger partial charge in [-0.25, -0.2) is 9.59 Å². The first-order valence-electron chi connectivity index (χ1n) is 6.34. The molecule has 0 aromatic heterocycles. The Bertz CT molecular complexity index is 412. The van der Waals surface area contributed by atoms with Gasteiger partial charge in [-0.3, -0.25) is 9.59 Å². The van der Waals surface area contributed by atoms with Gasteiger partial charge in [0, 0.05) is 13.6 Å². The third-order valence-electron chi connectivity index (χ3n) is 2.77. The van der Waals surface area contributed by atoms with Crippen LogP contribution in [0.4, 0.5) is 4.79 Å². The van der Waals surface area contributed by atoms with E-state index in [1.165, 1.54) is 11.8 Å². The van der Waals surface area contributed by atoms with Crippen LogP contribution in [0.25, 0.3) is 0 Å². The number of carbonyl (C=O) groups excluding carboxylic acids is 3. The molecule has 1 unspecified atom stereocenters. The van der Waals surface area contributed by atoms with Crippen LogP contribution in [0, 0.1) is 0 Å². The van der Waals surface area contributed by atoms with E-state index in [4.69, 9.17) is 5.11 Å². The second kappa shape index (κ2) is 8.77. The van der Waals surface area contributed by atoms with Gasteiger partial charge in [0.1, 0.15) is 12.1 Å². The summed E-state index contributed by atoms with van der Waals surface area (Å²) >= 11 is 0. The highest BCUT2D eigenvalue weighted by atomic mass is 16.5. The summed E-state index contributed by atoms with van der Waals surface area (Å²) < 4.78 is 4.34. The highest BCUT2D eigenvalue weighted by molar-refractivity contribution is 5.89. The van der Waals surface area contributed by atoms with Gasteiger partial charge in [-0.1, -0.05) is 0 Å². The summed E-state index contributed by atoms with van der Waals surface area (Å²) in [6.45, 7) is 3.73. The highest BCUT2D eigenvalue weighted by Crippen LogP contribution is 1.96. The third-order valence-corrected chi connectivity index (χ3v) is 2.77. The molecule has 3 amide bonds. The summed E-state index contributed by atoms with van der Waals surface area (Å²) in [5.41, 5.74) is 0. The van der Waals surface area contributed by atoms with Crippen LogP contribution in [-0.2, 0) is 19.1 Å². The van der Waals surface area contributed by atoms with Crippen LogP contribution in [0.15, 0.2) is 0 Å². The summed E-state index contributed by atoms with van der Waals surface area (Å²) in [6.07, 6.45) is -0.504. The van der Waals surface area contributed by atoms with Gasteiger partial charge in [0.15, 0.2) is 0 Å². The number of hydrogen-bond acceptors (Lipinski definition) is 5. The van der Waals surface area contributed by atoms with E-state index in [-0.39, 0.29) is 5.91 Å². The van der Waals surface area contributed by atoms with Crippen molar-refractivity contribution in [2.75, 3.05) is 20.7 Å². The van der Waals surface area contributed by atoms with Crippen molar-refractivity contribution in [3.63, 3.8) is 0 Å². The summed E-state index contributed by atoms with van der Waals surface area (Å²) in [5.74, 6) is -2.45. The fourth-order valence-electron chi connectivity index (χ4n) is 1.39. The Labute approximate surface area is 122 Å². The lowest BCUT2D eigenvalue weighted by molar-refractivity contribution is -0.147. The molecule has 120 valence electrons. The predicted molar refractivity (Wildman–Crippen MR) is 72.5 cm³/mol.